The molecule has 1 fully saturated rings. The molecule has 0 saturated carbocycles. The third-order valence-corrected chi connectivity index (χ3v) is 3.93. The van der Waals surface area contributed by atoms with Crippen molar-refractivity contribution in [2.45, 2.75) is 26.3 Å². The smallest absolute Gasteiger partial charge is 0.258 e. The highest BCUT2D eigenvalue weighted by Crippen LogP contribution is 2.16. The molecule has 132 valence electrons. The fourth-order valence-corrected chi connectivity index (χ4v) is 2.69. The van der Waals surface area contributed by atoms with Crippen LogP contribution in [-0.2, 0) is 11.3 Å². The molecule has 2 heterocycles. The van der Waals surface area contributed by atoms with Crippen molar-refractivity contribution >= 4 is 11.9 Å². The lowest BCUT2D eigenvalue weighted by atomic mass is 10.3. The normalized spacial score (nSPS) is 13.8. The summed E-state index contributed by atoms with van der Waals surface area (Å²) in [5, 5.41) is 2.78. The van der Waals surface area contributed by atoms with E-state index in [1.807, 2.05) is 13.0 Å². The summed E-state index contributed by atoms with van der Waals surface area (Å²) >= 11 is 0. The number of anilines is 1. The number of carbonyl (C=O) groups excluding carboxylic acids is 1. The summed E-state index contributed by atoms with van der Waals surface area (Å²) in [7, 11) is 0. The van der Waals surface area contributed by atoms with Crippen LogP contribution in [0.1, 0.15) is 24.2 Å². The van der Waals surface area contributed by atoms with Gasteiger partial charge in [0.15, 0.2) is 6.61 Å². The van der Waals surface area contributed by atoms with E-state index in [1.165, 1.54) is 24.3 Å². The molecule has 6 nitrogen and oxygen atoms in total. The maximum Gasteiger partial charge on any atom is 0.258 e. The van der Waals surface area contributed by atoms with Gasteiger partial charge < -0.3 is 15.0 Å². The second-order valence-corrected chi connectivity index (χ2v) is 6.01. The van der Waals surface area contributed by atoms with Crippen molar-refractivity contribution in [1.29, 1.82) is 0 Å². The van der Waals surface area contributed by atoms with Gasteiger partial charge in [0.25, 0.3) is 5.91 Å². The fourth-order valence-electron chi connectivity index (χ4n) is 2.69. The second-order valence-electron chi connectivity index (χ2n) is 6.01. The van der Waals surface area contributed by atoms with Gasteiger partial charge in [0.1, 0.15) is 11.6 Å². The molecule has 7 heteroatoms. The zero-order chi connectivity index (χ0) is 17.6. The topological polar surface area (TPSA) is 67.3 Å². The Bertz CT molecular complexity index is 730. The quantitative estimate of drug-likeness (QED) is 0.870. The van der Waals surface area contributed by atoms with Crippen molar-refractivity contribution in [2.75, 3.05) is 24.6 Å². The Kier molecular flexibility index (Phi) is 5.42. The molecule has 0 spiro atoms. The number of carbonyl (C=O) groups is 1. The summed E-state index contributed by atoms with van der Waals surface area (Å²) in [5.74, 6) is 0.572. The number of ether oxygens (including phenoxy) is 1. The number of benzene rings is 1. The third-order valence-electron chi connectivity index (χ3n) is 3.93. The molecule has 1 aromatic heterocycles. The molecule has 0 radical (unpaired) electrons. The van der Waals surface area contributed by atoms with Crippen LogP contribution in [0.2, 0.25) is 0 Å². The van der Waals surface area contributed by atoms with Crippen molar-refractivity contribution < 1.29 is 13.9 Å². The highest BCUT2D eigenvalue weighted by Gasteiger charge is 2.16. The number of hydrogen-bond donors (Lipinski definition) is 1. The van der Waals surface area contributed by atoms with Crippen LogP contribution in [-0.4, -0.2) is 35.6 Å². The average molecular weight is 344 g/mol. The first kappa shape index (κ1) is 17.1. The second kappa shape index (κ2) is 7.92. The summed E-state index contributed by atoms with van der Waals surface area (Å²) in [6, 6.07) is 7.41. The van der Waals surface area contributed by atoms with Crippen LogP contribution in [0.3, 0.4) is 0 Å². The standard InChI is InChI=1S/C18H21FN4O2/c1-13-10-15(22-18(21-13)23-8-2-3-9-23)11-20-17(24)12-25-16-6-4-14(19)5-7-16/h4-7,10H,2-3,8-9,11-12H2,1H3,(H,20,24). The van der Waals surface area contributed by atoms with E-state index in [0.717, 1.165) is 43.3 Å². The Balaban J connectivity index is 1.52. The van der Waals surface area contributed by atoms with Gasteiger partial charge in [-0.1, -0.05) is 0 Å². The fraction of sp³-hybridized carbons (Fsp3) is 0.389. The highest BCUT2D eigenvalue weighted by molar-refractivity contribution is 5.77. The number of nitrogens with zero attached hydrogens (tertiary/aromatic N) is 3. The summed E-state index contributed by atoms with van der Waals surface area (Å²) < 4.78 is 18.1. The molecule has 3 rings (SSSR count). The van der Waals surface area contributed by atoms with Gasteiger partial charge in [-0.05, 0) is 50.1 Å². The Hall–Kier alpha value is -2.70. The number of halogens is 1. The zero-order valence-corrected chi connectivity index (χ0v) is 14.2. The van der Waals surface area contributed by atoms with E-state index < -0.39 is 0 Å². The van der Waals surface area contributed by atoms with E-state index in [2.05, 4.69) is 20.2 Å². The minimum absolute atomic E-state index is 0.130. The van der Waals surface area contributed by atoms with E-state index in [9.17, 15) is 9.18 Å². The number of aromatic nitrogens is 2. The average Bonchev–Trinajstić information content (AvgIpc) is 3.14. The van der Waals surface area contributed by atoms with Crippen LogP contribution < -0.4 is 15.0 Å². The molecule has 0 atom stereocenters. The van der Waals surface area contributed by atoms with Crippen molar-refractivity contribution in [1.82, 2.24) is 15.3 Å². The Morgan fingerprint density at radius 3 is 2.68 bits per heavy atom. The molecule has 1 amide bonds. The summed E-state index contributed by atoms with van der Waals surface area (Å²) in [6.45, 7) is 4.05. The third kappa shape index (κ3) is 4.89. The number of nitrogens with one attached hydrogen (secondary N) is 1. The predicted octanol–water partition coefficient (Wildman–Crippen LogP) is 2.22. The van der Waals surface area contributed by atoms with Gasteiger partial charge >= 0.3 is 0 Å². The Morgan fingerprint density at radius 2 is 1.96 bits per heavy atom. The first-order chi connectivity index (χ1) is 12.1. The van der Waals surface area contributed by atoms with E-state index in [1.54, 1.807) is 0 Å². The first-order valence-electron chi connectivity index (χ1n) is 8.35. The number of rotatable bonds is 6. The van der Waals surface area contributed by atoms with E-state index >= 15 is 0 Å². The van der Waals surface area contributed by atoms with Gasteiger partial charge in [-0.15, -0.1) is 0 Å². The maximum atomic E-state index is 12.8. The molecule has 1 aliphatic heterocycles. The molecule has 25 heavy (non-hydrogen) atoms. The molecule has 1 aromatic carbocycles. The molecule has 2 aromatic rings. The maximum absolute atomic E-state index is 12.8. The van der Waals surface area contributed by atoms with E-state index in [-0.39, 0.29) is 18.3 Å². The Morgan fingerprint density at radius 1 is 1.24 bits per heavy atom. The molecular weight excluding hydrogens is 323 g/mol. The van der Waals surface area contributed by atoms with Crippen molar-refractivity contribution in [2.24, 2.45) is 0 Å². The zero-order valence-electron chi connectivity index (χ0n) is 14.2. The van der Waals surface area contributed by atoms with E-state index in [0.29, 0.717) is 12.3 Å². The van der Waals surface area contributed by atoms with Crippen molar-refractivity contribution in [3.8, 4) is 5.75 Å². The van der Waals surface area contributed by atoms with Crippen LogP contribution in [0.4, 0.5) is 10.3 Å². The van der Waals surface area contributed by atoms with Gasteiger partial charge in [-0.25, -0.2) is 14.4 Å². The number of hydrogen-bond acceptors (Lipinski definition) is 5. The lowest BCUT2D eigenvalue weighted by Gasteiger charge is -2.16. The van der Waals surface area contributed by atoms with Gasteiger partial charge in [0, 0.05) is 18.8 Å². The molecule has 1 saturated heterocycles. The molecule has 1 aliphatic rings. The molecule has 0 unspecified atom stereocenters. The van der Waals surface area contributed by atoms with Crippen LogP contribution >= 0.6 is 0 Å². The highest BCUT2D eigenvalue weighted by atomic mass is 19.1. The number of amides is 1. The predicted molar refractivity (Wildman–Crippen MR) is 92.0 cm³/mol. The van der Waals surface area contributed by atoms with Crippen LogP contribution in [0.25, 0.3) is 0 Å². The van der Waals surface area contributed by atoms with Crippen LogP contribution in [0, 0.1) is 12.7 Å². The van der Waals surface area contributed by atoms with Crippen LogP contribution in [0.5, 0.6) is 5.75 Å². The minimum atomic E-state index is -0.343. The minimum Gasteiger partial charge on any atom is -0.484 e. The Labute approximate surface area is 146 Å². The molecule has 0 bridgehead atoms. The molecule has 1 N–H and O–H groups in total. The molecular formula is C18H21FN4O2. The van der Waals surface area contributed by atoms with Crippen LogP contribution in [0.15, 0.2) is 30.3 Å². The first-order valence-corrected chi connectivity index (χ1v) is 8.35. The summed E-state index contributed by atoms with van der Waals surface area (Å²) in [5.41, 5.74) is 1.65. The summed E-state index contributed by atoms with van der Waals surface area (Å²) in [4.78, 5) is 23.1. The number of aryl methyl sites for hydroxylation is 1. The van der Waals surface area contributed by atoms with E-state index in [4.69, 9.17) is 4.74 Å². The van der Waals surface area contributed by atoms with Gasteiger partial charge in [0.2, 0.25) is 5.95 Å². The monoisotopic (exact) mass is 344 g/mol. The van der Waals surface area contributed by atoms with Gasteiger partial charge in [0.05, 0.1) is 12.2 Å². The SMILES string of the molecule is Cc1cc(CNC(=O)COc2ccc(F)cc2)nc(N2CCCC2)n1. The lowest BCUT2D eigenvalue weighted by molar-refractivity contribution is -0.123. The lowest BCUT2D eigenvalue weighted by Crippen LogP contribution is -2.29. The molecule has 0 aliphatic carbocycles. The van der Waals surface area contributed by atoms with Crippen molar-refractivity contribution in [3.63, 3.8) is 0 Å². The largest absolute Gasteiger partial charge is 0.484 e. The summed E-state index contributed by atoms with van der Waals surface area (Å²) in [6.07, 6.45) is 2.31. The van der Waals surface area contributed by atoms with Gasteiger partial charge in [-0.2, -0.15) is 0 Å². The van der Waals surface area contributed by atoms with Gasteiger partial charge in [-0.3, -0.25) is 4.79 Å². The van der Waals surface area contributed by atoms with Crippen molar-refractivity contribution in [3.05, 3.63) is 47.5 Å².